The van der Waals surface area contributed by atoms with E-state index in [2.05, 4.69) is 39.8 Å². The highest BCUT2D eigenvalue weighted by Crippen LogP contribution is 2.25. The maximum atomic E-state index is 12.9. The SMILES string of the molecule is Cc1nc2ccccc2n1CC1CCN(C(=O)c2cc(-c3ccccc3)on2)CC1. The van der Waals surface area contributed by atoms with Crippen molar-refractivity contribution in [3.8, 4) is 11.3 Å². The Morgan fingerprint density at radius 1 is 1.07 bits per heavy atom. The van der Waals surface area contributed by atoms with Crippen molar-refractivity contribution in [1.82, 2.24) is 19.6 Å². The van der Waals surface area contributed by atoms with Crippen molar-refractivity contribution >= 4 is 16.9 Å². The van der Waals surface area contributed by atoms with Gasteiger partial charge >= 0.3 is 0 Å². The molecule has 0 aliphatic carbocycles. The number of aromatic nitrogens is 3. The normalized spacial score (nSPS) is 15.0. The van der Waals surface area contributed by atoms with Crippen molar-refractivity contribution in [2.24, 2.45) is 5.92 Å². The molecule has 0 unspecified atom stereocenters. The number of rotatable bonds is 4. The standard InChI is InChI=1S/C24H24N4O2/c1-17-25-20-9-5-6-10-22(20)28(17)16-18-11-13-27(14-12-18)24(29)21-15-23(30-26-21)19-7-3-2-4-8-19/h2-10,15,18H,11-14,16H2,1H3. The molecule has 0 spiro atoms. The van der Waals surface area contributed by atoms with E-state index < -0.39 is 0 Å². The third kappa shape index (κ3) is 3.49. The Kier molecular flexibility index (Phi) is 4.83. The fourth-order valence-corrected chi connectivity index (χ4v) is 4.28. The van der Waals surface area contributed by atoms with E-state index in [1.807, 2.05) is 41.3 Å². The van der Waals surface area contributed by atoms with Gasteiger partial charge in [0.2, 0.25) is 0 Å². The molecule has 2 aromatic heterocycles. The van der Waals surface area contributed by atoms with Crippen LogP contribution in [0.5, 0.6) is 0 Å². The van der Waals surface area contributed by atoms with Gasteiger partial charge in [-0.05, 0) is 37.8 Å². The van der Waals surface area contributed by atoms with Crippen LogP contribution < -0.4 is 0 Å². The van der Waals surface area contributed by atoms with Crippen LogP contribution in [-0.2, 0) is 6.54 Å². The van der Waals surface area contributed by atoms with Gasteiger partial charge in [0.05, 0.1) is 11.0 Å². The second-order valence-electron chi connectivity index (χ2n) is 7.94. The summed E-state index contributed by atoms with van der Waals surface area (Å²) >= 11 is 0. The Hall–Kier alpha value is -3.41. The van der Waals surface area contributed by atoms with Crippen LogP contribution >= 0.6 is 0 Å². The minimum absolute atomic E-state index is 0.0522. The van der Waals surface area contributed by atoms with Gasteiger partial charge in [-0.1, -0.05) is 47.6 Å². The van der Waals surface area contributed by atoms with Gasteiger partial charge in [0, 0.05) is 31.3 Å². The molecule has 0 radical (unpaired) electrons. The molecule has 4 aromatic rings. The van der Waals surface area contributed by atoms with Gasteiger partial charge in [-0.3, -0.25) is 4.79 Å². The van der Waals surface area contributed by atoms with Crippen molar-refractivity contribution in [3.05, 3.63) is 72.2 Å². The van der Waals surface area contributed by atoms with Gasteiger partial charge in [-0.25, -0.2) is 4.98 Å². The van der Waals surface area contributed by atoms with Gasteiger partial charge in [0.25, 0.3) is 5.91 Å². The summed E-state index contributed by atoms with van der Waals surface area (Å²) < 4.78 is 7.71. The number of imidazole rings is 1. The van der Waals surface area contributed by atoms with E-state index in [1.54, 1.807) is 6.07 Å². The molecule has 1 saturated heterocycles. The van der Waals surface area contributed by atoms with E-state index in [0.717, 1.165) is 49.4 Å². The zero-order valence-corrected chi connectivity index (χ0v) is 17.0. The van der Waals surface area contributed by atoms with E-state index in [9.17, 15) is 4.79 Å². The van der Waals surface area contributed by atoms with Gasteiger partial charge in [-0.2, -0.15) is 0 Å². The Morgan fingerprint density at radius 3 is 2.60 bits per heavy atom. The van der Waals surface area contributed by atoms with Crippen molar-refractivity contribution in [3.63, 3.8) is 0 Å². The maximum absolute atomic E-state index is 12.9. The lowest BCUT2D eigenvalue weighted by Crippen LogP contribution is -2.39. The van der Waals surface area contributed by atoms with Crippen LogP contribution in [0.2, 0.25) is 0 Å². The summed E-state index contributed by atoms with van der Waals surface area (Å²) in [5.74, 6) is 2.15. The highest BCUT2D eigenvalue weighted by atomic mass is 16.5. The lowest BCUT2D eigenvalue weighted by Gasteiger charge is -2.32. The van der Waals surface area contributed by atoms with Crippen LogP contribution in [-0.4, -0.2) is 38.6 Å². The summed E-state index contributed by atoms with van der Waals surface area (Å²) in [6, 6.07) is 19.7. The minimum Gasteiger partial charge on any atom is -0.355 e. The molecular formula is C24H24N4O2. The summed E-state index contributed by atoms with van der Waals surface area (Å²) in [5.41, 5.74) is 3.53. The van der Waals surface area contributed by atoms with Crippen molar-refractivity contribution in [2.45, 2.75) is 26.3 Å². The molecule has 0 atom stereocenters. The van der Waals surface area contributed by atoms with Gasteiger partial charge in [0.1, 0.15) is 5.82 Å². The first-order valence-electron chi connectivity index (χ1n) is 10.4. The number of hydrogen-bond donors (Lipinski definition) is 0. The number of para-hydroxylation sites is 2. The fourth-order valence-electron chi connectivity index (χ4n) is 4.28. The number of aryl methyl sites for hydroxylation is 1. The van der Waals surface area contributed by atoms with E-state index in [-0.39, 0.29) is 5.91 Å². The average Bonchev–Trinajstić information content (AvgIpc) is 3.40. The molecule has 5 rings (SSSR count). The Bertz CT molecular complexity index is 1170. The molecule has 0 N–H and O–H groups in total. The zero-order chi connectivity index (χ0) is 20.5. The van der Waals surface area contributed by atoms with E-state index in [0.29, 0.717) is 17.4 Å². The summed E-state index contributed by atoms with van der Waals surface area (Å²) in [6.45, 7) is 4.48. The molecule has 0 bridgehead atoms. The number of carbonyl (C=O) groups excluding carboxylic acids is 1. The molecule has 1 aliphatic heterocycles. The largest absolute Gasteiger partial charge is 0.355 e. The summed E-state index contributed by atoms with van der Waals surface area (Å²) in [5, 5.41) is 4.01. The van der Waals surface area contributed by atoms with E-state index in [1.165, 1.54) is 5.52 Å². The molecule has 1 aliphatic rings. The van der Waals surface area contributed by atoms with Gasteiger partial charge < -0.3 is 14.0 Å². The number of piperidine rings is 1. The van der Waals surface area contributed by atoms with E-state index >= 15 is 0 Å². The summed E-state index contributed by atoms with van der Waals surface area (Å²) in [6.07, 6.45) is 1.95. The van der Waals surface area contributed by atoms with Gasteiger partial charge in [0.15, 0.2) is 11.5 Å². The van der Waals surface area contributed by atoms with Crippen LogP contribution in [0.15, 0.2) is 65.2 Å². The number of amides is 1. The number of hydrogen-bond acceptors (Lipinski definition) is 4. The molecule has 1 fully saturated rings. The Morgan fingerprint density at radius 2 is 1.80 bits per heavy atom. The zero-order valence-electron chi connectivity index (χ0n) is 17.0. The number of fused-ring (bicyclic) bond motifs is 1. The fraction of sp³-hybridized carbons (Fsp3) is 0.292. The summed E-state index contributed by atoms with van der Waals surface area (Å²) in [7, 11) is 0. The lowest BCUT2D eigenvalue weighted by molar-refractivity contribution is 0.0672. The van der Waals surface area contributed by atoms with E-state index in [4.69, 9.17) is 4.52 Å². The third-order valence-electron chi connectivity index (χ3n) is 5.98. The number of nitrogens with zero attached hydrogens (tertiary/aromatic N) is 4. The average molecular weight is 400 g/mol. The minimum atomic E-state index is -0.0522. The highest BCUT2D eigenvalue weighted by Gasteiger charge is 2.26. The third-order valence-corrected chi connectivity index (χ3v) is 5.98. The molecule has 0 saturated carbocycles. The van der Waals surface area contributed by atoms with Gasteiger partial charge in [-0.15, -0.1) is 0 Å². The quantitative estimate of drug-likeness (QED) is 0.504. The number of benzene rings is 2. The molecule has 3 heterocycles. The number of likely N-dealkylation sites (tertiary alicyclic amines) is 1. The topological polar surface area (TPSA) is 64.2 Å². The molecule has 30 heavy (non-hydrogen) atoms. The second kappa shape index (κ2) is 7.78. The van der Waals surface area contributed by atoms with Crippen LogP contribution in [0.4, 0.5) is 0 Å². The van der Waals surface area contributed by atoms with Crippen LogP contribution in [0.1, 0.15) is 29.2 Å². The molecule has 6 heteroatoms. The van der Waals surface area contributed by atoms with Crippen molar-refractivity contribution in [2.75, 3.05) is 13.1 Å². The Labute approximate surface area is 175 Å². The lowest BCUT2D eigenvalue weighted by atomic mass is 9.96. The second-order valence-corrected chi connectivity index (χ2v) is 7.94. The molecule has 152 valence electrons. The first-order valence-corrected chi connectivity index (χ1v) is 10.4. The first kappa shape index (κ1) is 18.6. The highest BCUT2D eigenvalue weighted by molar-refractivity contribution is 5.93. The molecule has 1 amide bonds. The van der Waals surface area contributed by atoms with Crippen LogP contribution in [0, 0.1) is 12.8 Å². The maximum Gasteiger partial charge on any atom is 0.276 e. The predicted octanol–water partition coefficient (Wildman–Crippen LogP) is 4.55. The monoisotopic (exact) mass is 400 g/mol. The van der Waals surface area contributed by atoms with Crippen molar-refractivity contribution in [1.29, 1.82) is 0 Å². The molecule has 6 nitrogen and oxygen atoms in total. The van der Waals surface area contributed by atoms with Crippen LogP contribution in [0.3, 0.4) is 0 Å². The number of carbonyl (C=O) groups is 1. The van der Waals surface area contributed by atoms with Crippen LogP contribution in [0.25, 0.3) is 22.4 Å². The van der Waals surface area contributed by atoms with Crippen molar-refractivity contribution < 1.29 is 9.32 Å². The Balaban J connectivity index is 1.23. The first-order chi connectivity index (χ1) is 14.7. The molecular weight excluding hydrogens is 376 g/mol. The molecule has 2 aromatic carbocycles. The smallest absolute Gasteiger partial charge is 0.276 e. The summed E-state index contributed by atoms with van der Waals surface area (Å²) in [4.78, 5) is 19.4. The predicted molar refractivity (Wildman–Crippen MR) is 115 cm³/mol.